The van der Waals surface area contributed by atoms with Crippen LogP contribution in [0.15, 0.2) is 18.2 Å². The van der Waals surface area contributed by atoms with Crippen LogP contribution in [0.4, 0.5) is 4.39 Å². The van der Waals surface area contributed by atoms with Crippen molar-refractivity contribution < 1.29 is 28.2 Å². The quantitative estimate of drug-likeness (QED) is 0.731. The zero-order valence-electron chi connectivity index (χ0n) is 13.5. The van der Waals surface area contributed by atoms with Gasteiger partial charge in [0.2, 0.25) is 5.91 Å². The monoisotopic (exact) mass is 372 g/mol. The van der Waals surface area contributed by atoms with E-state index in [9.17, 15) is 18.8 Å². The van der Waals surface area contributed by atoms with Crippen LogP contribution in [0, 0.1) is 5.82 Å². The van der Waals surface area contributed by atoms with Crippen LogP contribution in [0.25, 0.3) is 0 Å². The summed E-state index contributed by atoms with van der Waals surface area (Å²) < 4.78 is 23.3. The maximum Gasteiger partial charge on any atom is 0.328 e. The van der Waals surface area contributed by atoms with E-state index in [1.165, 1.54) is 12.1 Å². The van der Waals surface area contributed by atoms with Gasteiger partial charge in [0.25, 0.3) is 5.91 Å². The molecule has 1 fully saturated rings. The number of esters is 1. The fourth-order valence-electron chi connectivity index (χ4n) is 2.32. The molecule has 136 valence electrons. The van der Waals surface area contributed by atoms with Gasteiger partial charge in [0, 0.05) is 6.07 Å². The summed E-state index contributed by atoms with van der Waals surface area (Å²) in [5, 5.41) is 4.97. The van der Waals surface area contributed by atoms with E-state index in [1.807, 2.05) is 0 Å². The van der Waals surface area contributed by atoms with Gasteiger partial charge in [-0.3, -0.25) is 9.59 Å². The molecule has 1 aromatic carbocycles. The third-order valence-electron chi connectivity index (χ3n) is 3.54. The molecule has 1 heterocycles. The summed E-state index contributed by atoms with van der Waals surface area (Å²) >= 11 is 5.55. The van der Waals surface area contributed by atoms with E-state index in [2.05, 4.69) is 10.6 Å². The van der Waals surface area contributed by atoms with Crippen molar-refractivity contribution in [2.45, 2.75) is 31.8 Å². The van der Waals surface area contributed by atoms with Gasteiger partial charge in [-0.15, -0.1) is 0 Å². The standard InChI is InChI=1S/C16H18ClFN2O5/c1-2-24-16(23)13-6-5-12(15(22)20-13)19-14(21)8-25-9-3-4-10(17)11(18)7-9/h3-4,7,12-13H,2,5-6,8H2,1H3,(H,19,21)(H,20,22). The highest BCUT2D eigenvalue weighted by Crippen LogP contribution is 2.20. The number of carbonyl (C=O) groups excluding carboxylic acids is 3. The molecule has 7 nitrogen and oxygen atoms in total. The Morgan fingerprint density at radius 3 is 2.80 bits per heavy atom. The highest BCUT2D eigenvalue weighted by Gasteiger charge is 2.33. The van der Waals surface area contributed by atoms with Crippen molar-refractivity contribution in [3.05, 3.63) is 29.0 Å². The predicted octanol–water partition coefficient (Wildman–Crippen LogP) is 1.18. The molecule has 2 unspecified atom stereocenters. The van der Waals surface area contributed by atoms with Gasteiger partial charge in [0.15, 0.2) is 6.61 Å². The SMILES string of the molecule is CCOC(=O)C1CCC(NC(=O)COc2ccc(Cl)c(F)c2)C(=O)N1. The maximum absolute atomic E-state index is 13.3. The van der Waals surface area contributed by atoms with Crippen molar-refractivity contribution in [1.82, 2.24) is 10.6 Å². The number of ether oxygens (including phenoxy) is 2. The van der Waals surface area contributed by atoms with E-state index in [4.69, 9.17) is 21.1 Å². The van der Waals surface area contributed by atoms with Gasteiger partial charge in [0.1, 0.15) is 23.7 Å². The normalized spacial score (nSPS) is 19.7. The van der Waals surface area contributed by atoms with E-state index < -0.39 is 35.7 Å². The van der Waals surface area contributed by atoms with Crippen LogP contribution in [0.1, 0.15) is 19.8 Å². The van der Waals surface area contributed by atoms with Crippen LogP contribution in [0.5, 0.6) is 5.75 Å². The second-order valence-corrected chi connectivity index (χ2v) is 5.78. The van der Waals surface area contributed by atoms with E-state index in [1.54, 1.807) is 6.92 Å². The highest BCUT2D eigenvalue weighted by molar-refractivity contribution is 6.30. The van der Waals surface area contributed by atoms with Crippen LogP contribution >= 0.6 is 11.6 Å². The van der Waals surface area contributed by atoms with E-state index in [-0.39, 0.29) is 24.0 Å². The molecule has 2 N–H and O–H groups in total. The minimum atomic E-state index is -0.760. The van der Waals surface area contributed by atoms with Crippen molar-refractivity contribution in [2.75, 3.05) is 13.2 Å². The number of carbonyl (C=O) groups is 3. The predicted molar refractivity (Wildman–Crippen MR) is 86.6 cm³/mol. The first-order valence-corrected chi connectivity index (χ1v) is 8.12. The number of hydrogen-bond donors (Lipinski definition) is 2. The fourth-order valence-corrected chi connectivity index (χ4v) is 2.44. The Labute approximate surface area is 148 Å². The van der Waals surface area contributed by atoms with Gasteiger partial charge in [-0.1, -0.05) is 11.6 Å². The van der Waals surface area contributed by atoms with E-state index in [0.717, 1.165) is 6.07 Å². The highest BCUT2D eigenvalue weighted by atomic mass is 35.5. The molecular formula is C16H18ClFN2O5. The third-order valence-corrected chi connectivity index (χ3v) is 3.85. The molecule has 2 atom stereocenters. The topological polar surface area (TPSA) is 93.7 Å². The molecule has 0 radical (unpaired) electrons. The number of benzene rings is 1. The maximum atomic E-state index is 13.3. The summed E-state index contributed by atoms with van der Waals surface area (Å²) in [6, 6.07) is 2.34. The van der Waals surface area contributed by atoms with Crippen molar-refractivity contribution in [1.29, 1.82) is 0 Å². The molecule has 0 saturated carbocycles. The molecule has 0 spiro atoms. The first-order valence-electron chi connectivity index (χ1n) is 7.75. The van der Waals surface area contributed by atoms with Gasteiger partial charge in [0.05, 0.1) is 11.6 Å². The van der Waals surface area contributed by atoms with Gasteiger partial charge in [-0.2, -0.15) is 0 Å². The molecular weight excluding hydrogens is 355 g/mol. The van der Waals surface area contributed by atoms with Crippen molar-refractivity contribution in [2.24, 2.45) is 0 Å². The summed E-state index contributed by atoms with van der Waals surface area (Å²) in [6.45, 7) is 1.53. The van der Waals surface area contributed by atoms with E-state index in [0.29, 0.717) is 12.8 Å². The zero-order chi connectivity index (χ0) is 18.4. The summed E-state index contributed by atoms with van der Waals surface area (Å²) in [6.07, 6.45) is 0.662. The zero-order valence-corrected chi connectivity index (χ0v) is 14.3. The van der Waals surface area contributed by atoms with Gasteiger partial charge in [-0.25, -0.2) is 9.18 Å². The summed E-state index contributed by atoms with van der Waals surface area (Å²) in [5.41, 5.74) is 0. The fraction of sp³-hybridized carbons (Fsp3) is 0.438. The Kier molecular flexibility index (Phi) is 6.58. The Hall–Kier alpha value is -2.35. The van der Waals surface area contributed by atoms with Crippen molar-refractivity contribution in [3.8, 4) is 5.75 Å². The Morgan fingerprint density at radius 1 is 1.40 bits per heavy atom. The molecule has 0 bridgehead atoms. The largest absolute Gasteiger partial charge is 0.484 e. The van der Waals surface area contributed by atoms with Crippen LogP contribution < -0.4 is 15.4 Å². The molecule has 1 saturated heterocycles. The minimum Gasteiger partial charge on any atom is -0.484 e. The number of piperidine rings is 1. The molecule has 2 amide bonds. The molecule has 25 heavy (non-hydrogen) atoms. The smallest absolute Gasteiger partial charge is 0.328 e. The first-order chi connectivity index (χ1) is 11.9. The van der Waals surface area contributed by atoms with Crippen molar-refractivity contribution in [3.63, 3.8) is 0 Å². The first kappa shape index (κ1) is 19.0. The van der Waals surface area contributed by atoms with Crippen LogP contribution in [0.3, 0.4) is 0 Å². The molecule has 9 heteroatoms. The molecule has 1 aliphatic rings. The Balaban J connectivity index is 1.80. The molecule has 2 rings (SSSR count). The van der Waals surface area contributed by atoms with Crippen LogP contribution in [0.2, 0.25) is 5.02 Å². The van der Waals surface area contributed by atoms with Gasteiger partial charge in [-0.05, 0) is 31.9 Å². The second-order valence-electron chi connectivity index (χ2n) is 5.38. The Morgan fingerprint density at radius 2 is 2.16 bits per heavy atom. The lowest BCUT2D eigenvalue weighted by molar-refractivity contribution is -0.149. The average Bonchev–Trinajstić information content (AvgIpc) is 2.58. The minimum absolute atomic E-state index is 0.0492. The van der Waals surface area contributed by atoms with Crippen LogP contribution in [-0.2, 0) is 19.1 Å². The lowest BCUT2D eigenvalue weighted by Gasteiger charge is -2.28. The van der Waals surface area contributed by atoms with E-state index >= 15 is 0 Å². The van der Waals surface area contributed by atoms with Crippen LogP contribution in [-0.4, -0.2) is 43.1 Å². The average molecular weight is 373 g/mol. The summed E-state index contributed by atoms with van der Waals surface area (Å²) in [5.74, 6) is -2.00. The number of halogens is 2. The molecule has 0 aliphatic carbocycles. The molecule has 1 aromatic rings. The van der Waals surface area contributed by atoms with Crippen molar-refractivity contribution >= 4 is 29.4 Å². The molecule has 1 aliphatic heterocycles. The van der Waals surface area contributed by atoms with Gasteiger partial charge >= 0.3 is 5.97 Å². The lowest BCUT2D eigenvalue weighted by Crippen LogP contribution is -2.56. The number of nitrogens with one attached hydrogen (secondary N) is 2. The summed E-state index contributed by atoms with van der Waals surface area (Å²) in [4.78, 5) is 35.4. The number of rotatable bonds is 6. The number of hydrogen-bond acceptors (Lipinski definition) is 5. The molecule has 0 aromatic heterocycles. The third kappa shape index (κ3) is 5.32. The Bertz CT molecular complexity index is 670. The van der Waals surface area contributed by atoms with Gasteiger partial charge < -0.3 is 20.1 Å². The lowest BCUT2D eigenvalue weighted by atomic mass is 10.00. The number of amides is 2. The summed E-state index contributed by atoms with van der Waals surface area (Å²) in [7, 11) is 0. The second kappa shape index (κ2) is 8.66.